The first-order valence-electron chi connectivity index (χ1n) is 6.94. The maximum absolute atomic E-state index is 12.3. The van der Waals surface area contributed by atoms with E-state index in [9.17, 15) is 4.79 Å². The molecule has 0 aliphatic carbocycles. The minimum absolute atomic E-state index is 0. The van der Waals surface area contributed by atoms with Gasteiger partial charge in [0.15, 0.2) is 0 Å². The molecule has 1 amide bonds. The second-order valence-electron chi connectivity index (χ2n) is 4.92. The van der Waals surface area contributed by atoms with Crippen molar-refractivity contribution in [1.29, 1.82) is 0 Å². The predicted octanol–water partition coefficient (Wildman–Crippen LogP) is 2.51. The molecule has 1 aromatic carbocycles. The number of rotatable bonds is 4. The van der Waals surface area contributed by atoms with Gasteiger partial charge in [-0.25, -0.2) is 4.98 Å². The van der Waals surface area contributed by atoms with Gasteiger partial charge in [0.25, 0.3) is 5.91 Å². The second kappa shape index (κ2) is 8.66. The molecule has 1 aliphatic heterocycles. The van der Waals surface area contributed by atoms with Gasteiger partial charge in [-0.3, -0.25) is 4.79 Å². The number of nitrogens with zero attached hydrogens (tertiary/aromatic N) is 2. The zero-order valence-electron chi connectivity index (χ0n) is 12.1. The molecule has 0 radical (unpaired) electrons. The van der Waals surface area contributed by atoms with Gasteiger partial charge in [0, 0.05) is 43.3 Å². The lowest BCUT2D eigenvalue weighted by Crippen LogP contribution is -2.28. The highest BCUT2D eigenvalue weighted by Gasteiger charge is 2.16. The summed E-state index contributed by atoms with van der Waals surface area (Å²) in [6, 6.07) is 5.87. The van der Waals surface area contributed by atoms with Crippen LogP contribution in [0, 0.1) is 0 Å². The van der Waals surface area contributed by atoms with Gasteiger partial charge < -0.3 is 15.2 Å². The molecule has 120 valence electrons. The highest BCUT2D eigenvalue weighted by Crippen LogP contribution is 2.25. The number of nitrogens with one attached hydrogen (secondary N) is 2. The maximum Gasteiger partial charge on any atom is 0.251 e. The van der Waals surface area contributed by atoms with E-state index in [2.05, 4.69) is 15.6 Å². The third-order valence-corrected chi connectivity index (χ3v) is 3.55. The van der Waals surface area contributed by atoms with Crippen molar-refractivity contribution in [2.45, 2.75) is 19.4 Å². The molecule has 0 unspecified atom stereocenters. The Morgan fingerprint density at radius 1 is 1.36 bits per heavy atom. The largest absolute Gasteiger partial charge is 0.385 e. The van der Waals surface area contributed by atoms with Crippen molar-refractivity contribution in [2.24, 2.45) is 0 Å². The van der Waals surface area contributed by atoms with Gasteiger partial charge in [0.1, 0.15) is 0 Å². The van der Waals surface area contributed by atoms with Gasteiger partial charge in [0.05, 0.1) is 6.33 Å². The summed E-state index contributed by atoms with van der Waals surface area (Å²) in [5.74, 6) is 0.00525. The van der Waals surface area contributed by atoms with Crippen LogP contribution < -0.4 is 10.6 Å². The van der Waals surface area contributed by atoms with Crippen LogP contribution in [0.3, 0.4) is 0 Å². The molecule has 0 saturated carbocycles. The molecule has 0 spiro atoms. The lowest BCUT2D eigenvalue weighted by Gasteiger charge is -2.20. The van der Waals surface area contributed by atoms with Crippen LogP contribution in [0.1, 0.15) is 22.3 Å². The van der Waals surface area contributed by atoms with Crippen LogP contribution in [0.4, 0.5) is 5.69 Å². The van der Waals surface area contributed by atoms with Crippen molar-refractivity contribution in [1.82, 2.24) is 14.9 Å². The Labute approximate surface area is 142 Å². The number of hydrogen-bond donors (Lipinski definition) is 2. The third kappa shape index (κ3) is 4.15. The average molecular weight is 343 g/mol. The summed E-state index contributed by atoms with van der Waals surface area (Å²) >= 11 is 0. The number of fused-ring (bicyclic) bond motifs is 1. The van der Waals surface area contributed by atoms with Crippen molar-refractivity contribution >= 4 is 36.4 Å². The molecule has 0 atom stereocenters. The van der Waals surface area contributed by atoms with E-state index in [1.54, 1.807) is 12.5 Å². The zero-order chi connectivity index (χ0) is 13.8. The highest BCUT2D eigenvalue weighted by molar-refractivity contribution is 5.97. The molecule has 2 aromatic rings. The van der Waals surface area contributed by atoms with Gasteiger partial charge in [-0.15, -0.1) is 24.8 Å². The monoisotopic (exact) mass is 342 g/mol. The summed E-state index contributed by atoms with van der Waals surface area (Å²) in [5.41, 5.74) is 3.03. The molecule has 2 N–H and O–H groups in total. The van der Waals surface area contributed by atoms with Gasteiger partial charge in [-0.05, 0) is 30.5 Å². The first kappa shape index (κ1) is 18.3. The summed E-state index contributed by atoms with van der Waals surface area (Å²) in [7, 11) is 0. The number of carbonyl (C=O) groups is 1. The van der Waals surface area contributed by atoms with E-state index < -0.39 is 0 Å². The molecule has 3 rings (SSSR count). The summed E-state index contributed by atoms with van der Waals surface area (Å²) in [6.07, 6.45) is 7.42. The third-order valence-electron chi connectivity index (χ3n) is 3.55. The van der Waals surface area contributed by atoms with Crippen LogP contribution in [0.5, 0.6) is 0 Å². The fourth-order valence-corrected chi connectivity index (χ4v) is 2.54. The number of aromatic nitrogens is 2. The van der Waals surface area contributed by atoms with Crippen LogP contribution in [-0.4, -0.2) is 28.5 Å². The number of anilines is 1. The van der Waals surface area contributed by atoms with Crippen molar-refractivity contribution in [3.05, 3.63) is 48.0 Å². The smallest absolute Gasteiger partial charge is 0.251 e. The van der Waals surface area contributed by atoms with E-state index in [0.717, 1.165) is 42.7 Å². The fourth-order valence-electron chi connectivity index (χ4n) is 2.54. The number of amides is 1. The van der Waals surface area contributed by atoms with Gasteiger partial charge in [-0.1, -0.05) is 6.07 Å². The van der Waals surface area contributed by atoms with E-state index in [0.29, 0.717) is 6.54 Å². The number of halogens is 2. The molecule has 0 bridgehead atoms. The standard InChI is InChI=1S/C15H18N4O.2ClH/c20-15(18-8-10-19-9-7-16-11-19)13-3-1-5-14-12(13)4-2-6-17-14;;/h1,3,5,7,9,11,17H,2,4,6,8,10H2,(H,18,20);2*1H. The van der Waals surface area contributed by atoms with E-state index in [-0.39, 0.29) is 30.7 Å². The Bertz CT molecular complexity index is 602. The lowest BCUT2D eigenvalue weighted by atomic mass is 9.97. The first-order chi connectivity index (χ1) is 9.84. The van der Waals surface area contributed by atoms with E-state index in [1.165, 1.54) is 0 Å². The summed E-state index contributed by atoms with van der Waals surface area (Å²) < 4.78 is 1.95. The minimum atomic E-state index is 0. The zero-order valence-corrected chi connectivity index (χ0v) is 13.8. The SMILES string of the molecule is Cl.Cl.O=C(NCCn1ccnc1)c1cccc2c1CCCN2. The summed E-state index contributed by atoms with van der Waals surface area (Å²) in [5, 5.41) is 6.32. The highest BCUT2D eigenvalue weighted by atomic mass is 35.5. The molecule has 7 heteroatoms. The van der Waals surface area contributed by atoms with Gasteiger partial charge >= 0.3 is 0 Å². The Hall–Kier alpha value is -1.72. The number of hydrogen-bond acceptors (Lipinski definition) is 3. The van der Waals surface area contributed by atoms with Crippen LogP contribution in [0.25, 0.3) is 0 Å². The second-order valence-corrected chi connectivity index (χ2v) is 4.92. The Balaban J connectivity index is 0.00000121. The quantitative estimate of drug-likeness (QED) is 0.897. The van der Waals surface area contributed by atoms with E-state index in [4.69, 9.17) is 0 Å². The van der Waals surface area contributed by atoms with Gasteiger partial charge in [-0.2, -0.15) is 0 Å². The van der Waals surface area contributed by atoms with Crippen LogP contribution >= 0.6 is 24.8 Å². The molecular formula is C15H20Cl2N4O. The maximum atomic E-state index is 12.3. The van der Waals surface area contributed by atoms with E-state index in [1.807, 2.05) is 29.0 Å². The number of benzene rings is 1. The normalized spacial score (nSPS) is 12.2. The van der Waals surface area contributed by atoms with Crippen LogP contribution in [-0.2, 0) is 13.0 Å². The summed E-state index contributed by atoms with van der Waals surface area (Å²) in [6.45, 7) is 2.32. The van der Waals surface area contributed by atoms with Crippen LogP contribution in [0.2, 0.25) is 0 Å². The number of carbonyl (C=O) groups excluding carboxylic acids is 1. The Kier molecular flexibility index (Phi) is 7.21. The molecule has 1 aliphatic rings. The van der Waals surface area contributed by atoms with E-state index >= 15 is 0 Å². The minimum Gasteiger partial charge on any atom is -0.385 e. The molecule has 0 saturated heterocycles. The predicted molar refractivity (Wildman–Crippen MR) is 92.3 cm³/mol. The molecule has 22 heavy (non-hydrogen) atoms. The average Bonchev–Trinajstić information content (AvgIpc) is 3.00. The summed E-state index contributed by atoms with van der Waals surface area (Å²) in [4.78, 5) is 16.3. The van der Waals surface area contributed by atoms with Crippen LogP contribution in [0.15, 0.2) is 36.9 Å². The van der Waals surface area contributed by atoms with Crippen molar-refractivity contribution in [3.8, 4) is 0 Å². The molecule has 1 aromatic heterocycles. The molecule has 5 nitrogen and oxygen atoms in total. The van der Waals surface area contributed by atoms with Gasteiger partial charge in [0.2, 0.25) is 0 Å². The molecule has 2 heterocycles. The Morgan fingerprint density at radius 3 is 3.00 bits per heavy atom. The lowest BCUT2D eigenvalue weighted by molar-refractivity contribution is 0.0951. The Morgan fingerprint density at radius 2 is 2.23 bits per heavy atom. The fraction of sp³-hybridized carbons (Fsp3) is 0.333. The molecule has 0 fully saturated rings. The molecular weight excluding hydrogens is 323 g/mol. The van der Waals surface area contributed by atoms with Crippen molar-refractivity contribution in [3.63, 3.8) is 0 Å². The van der Waals surface area contributed by atoms with Crippen molar-refractivity contribution in [2.75, 3.05) is 18.4 Å². The first-order valence-corrected chi connectivity index (χ1v) is 6.94. The van der Waals surface area contributed by atoms with Crippen molar-refractivity contribution < 1.29 is 4.79 Å². The topological polar surface area (TPSA) is 59.0 Å². The number of imidazole rings is 1.